The average molecular weight is 328 g/mol. The summed E-state index contributed by atoms with van der Waals surface area (Å²) in [7, 11) is 0. The molecule has 0 aromatic heterocycles. The monoisotopic (exact) mass is 327 g/mol. The molecule has 5 heteroatoms. The van der Waals surface area contributed by atoms with Crippen molar-refractivity contribution in [2.75, 3.05) is 0 Å². The number of carboxylic acids is 1. The van der Waals surface area contributed by atoms with Crippen LogP contribution in [-0.4, -0.2) is 23.0 Å². The lowest BCUT2D eigenvalue weighted by atomic mass is 9.84. The number of hydrogen-bond acceptors (Lipinski definition) is 2. The predicted octanol–water partition coefficient (Wildman–Crippen LogP) is 3.07. The number of carbonyl (C=O) groups excluding carboxylic acids is 1. The first-order valence-corrected chi connectivity index (χ1v) is 6.78. The zero-order valence-electron chi connectivity index (χ0n) is 11.2. The summed E-state index contributed by atoms with van der Waals surface area (Å²) in [5.74, 6) is -1.19. The van der Waals surface area contributed by atoms with Crippen molar-refractivity contribution in [1.82, 2.24) is 5.32 Å². The van der Waals surface area contributed by atoms with Gasteiger partial charge in [-0.1, -0.05) is 32.9 Å². The lowest BCUT2D eigenvalue weighted by Gasteiger charge is -2.30. The number of carbonyl (C=O) groups is 2. The van der Waals surface area contributed by atoms with Gasteiger partial charge in [-0.05, 0) is 33.5 Å². The molecule has 1 atom stereocenters. The number of halogens is 1. The molecule has 0 spiro atoms. The summed E-state index contributed by atoms with van der Waals surface area (Å²) in [6, 6.07) is 6.63. The van der Waals surface area contributed by atoms with Gasteiger partial charge in [0, 0.05) is 10.5 Å². The SMILES string of the molecule is CC(C)(C)C(CC(=O)O)NC(=O)c1ccccc1Br. The molecule has 1 rings (SSSR count). The van der Waals surface area contributed by atoms with E-state index in [1.807, 2.05) is 26.8 Å². The summed E-state index contributed by atoms with van der Waals surface area (Å²) < 4.78 is 0.690. The minimum Gasteiger partial charge on any atom is -0.481 e. The first kappa shape index (κ1) is 15.7. The number of benzene rings is 1. The van der Waals surface area contributed by atoms with Gasteiger partial charge >= 0.3 is 5.97 Å². The van der Waals surface area contributed by atoms with Crippen LogP contribution in [-0.2, 0) is 4.79 Å². The topological polar surface area (TPSA) is 66.4 Å². The summed E-state index contributed by atoms with van der Waals surface area (Å²) >= 11 is 3.31. The Hall–Kier alpha value is -1.36. The van der Waals surface area contributed by atoms with E-state index in [1.54, 1.807) is 18.2 Å². The Morgan fingerprint density at radius 2 is 1.89 bits per heavy atom. The molecule has 0 bridgehead atoms. The van der Waals surface area contributed by atoms with Crippen LogP contribution in [0.2, 0.25) is 0 Å². The lowest BCUT2D eigenvalue weighted by molar-refractivity contribution is -0.138. The highest BCUT2D eigenvalue weighted by Crippen LogP contribution is 2.23. The average Bonchev–Trinajstić information content (AvgIpc) is 2.26. The maximum Gasteiger partial charge on any atom is 0.305 e. The second-order valence-electron chi connectivity index (χ2n) is 5.47. The van der Waals surface area contributed by atoms with Gasteiger partial charge in [0.1, 0.15) is 0 Å². The summed E-state index contributed by atoms with van der Waals surface area (Å²) in [6.45, 7) is 5.71. The molecule has 19 heavy (non-hydrogen) atoms. The summed E-state index contributed by atoms with van der Waals surface area (Å²) in [4.78, 5) is 23.1. The van der Waals surface area contributed by atoms with Crippen LogP contribution < -0.4 is 5.32 Å². The van der Waals surface area contributed by atoms with Gasteiger partial charge in [0.15, 0.2) is 0 Å². The Morgan fingerprint density at radius 3 is 2.37 bits per heavy atom. The molecule has 1 aromatic carbocycles. The Balaban J connectivity index is 2.88. The molecule has 0 aliphatic carbocycles. The number of hydrogen-bond donors (Lipinski definition) is 2. The first-order valence-electron chi connectivity index (χ1n) is 5.99. The zero-order chi connectivity index (χ0) is 14.6. The second kappa shape index (κ2) is 6.19. The van der Waals surface area contributed by atoms with E-state index < -0.39 is 12.0 Å². The smallest absolute Gasteiger partial charge is 0.305 e. The van der Waals surface area contributed by atoms with E-state index in [0.29, 0.717) is 10.0 Å². The van der Waals surface area contributed by atoms with Crippen LogP contribution in [0.3, 0.4) is 0 Å². The molecule has 1 amide bonds. The molecule has 0 fully saturated rings. The quantitative estimate of drug-likeness (QED) is 0.893. The Morgan fingerprint density at radius 1 is 1.32 bits per heavy atom. The van der Waals surface area contributed by atoms with Crippen LogP contribution in [0.1, 0.15) is 37.6 Å². The normalized spacial score (nSPS) is 12.8. The highest BCUT2D eigenvalue weighted by atomic mass is 79.9. The van der Waals surface area contributed by atoms with Gasteiger partial charge in [0.2, 0.25) is 0 Å². The van der Waals surface area contributed by atoms with Crippen LogP contribution in [0.4, 0.5) is 0 Å². The molecule has 0 saturated heterocycles. The van der Waals surface area contributed by atoms with Crippen molar-refractivity contribution in [3.05, 3.63) is 34.3 Å². The standard InChI is InChI=1S/C14H18BrNO3/c1-14(2,3)11(8-12(17)18)16-13(19)9-6-4-5-7-10(9)15/h4-7,11H,8H2,1-3H3,(H,16,19)(H,17,18). The molecule has 104 valence electrons. The molecule has 0 heterocycles. The predicted molar refractivity (Wildman–Crippen MR) is 77.1 cm³/mol. The van der Waals surface area contributed by atoms with Crippen molar-refractivity contribution < 1.29 is 14.7 Å². The number of nitrogens with one attached hydrogen (secondary N) is 1. The van der Waals surface area contributed by atoms with E-state index in [1.165, 1.54) is 0 Å². The fourth-order valence-electron chi connectivity index (χ4n) is 1.63. The van der Waals surface area contributed by atoms with Crippen LogP contribution >= 0.6 is 15.9 Å². The van der Waals surface area contributed by atoms with Gasteiger partial charge in [-0.2, -0.15) is 0 Å². The molecule has 0 aliphatic heterocycles. The molecular formula is C14H18BrNO3. The fraction of sp³-hybridized carbons (Fsp3) is 0.429. The van der Waals surface area contributed by atoms with Crippen molar-refractivity contribution in [1.29, 1.82) is 0 Å². The molecular weight excluding hydrogens is 310 g/mol. The van der Waals surface area contributed by atoms with Crippen LogP contribution in [0.5, 0.6) is 0 Å². The Labute approximate surface area is 121 Å². The molecule has 4 nitrogen and oxygen atoms in total. The van der Waals surface area contributed by atoms with E-state index in [4.69, 9.17) is 5.11 Å². The maximum absolute atomic E-state index is 12.2. The van der Waals surface area contributed by atoms with E-state index in [0.717, 1.165) is 0 Å². The third-order valence-electron chi connectivity index (χ3n) is 2.85. The fourth-order valence-corrected chi connectivity index (χ4v) is 2.09. The van der Waals surface area contributed by atoms with E-state index >= 15 is 0 Å². The highest BCUT2D eigenvalue weighted by molar-refractivity contribution is 9.10. The van der Waals surface area contributed by atoms with Crippen molar-refractivity contribution in [2.24, 2.45) is 5.41 Å². The molecule has 0 radical (unpaired) electrons. The number of rotatable bonds is 4. The minimum absolute atomic E-state index is 0.0975. The Kier molecular flexibility index (Phi) is 5.11. The van der Waals surface area contributed by atoms with Gasteiger partial charge in [-0.15, -0.1) is 0 Å². The van der Waals surface area contributed by atoms with Gasteiger partial charge in [0.25, 0.3) is 5.91 Å². The largest absolute Gasteiger partial charge is 0.481 e. The van der Waals surface area contributed by atoms with Crippen molar-refractivity contribution in [2.45, 2.75) is 33.2 Å². The van der Waals surface area contributed by atoms with Crippen molar-refractivity contribution in [3.8, 4) is 0 Å². The van der Waals surface area contributed by atoms with E-state index in [-0.39, 0.29) is 17.7 Å². The van der Waals surface area contributed by atoms with Gasteiger partial charge in [-0.25, -0.2) is 0 Å². The van der Waals surface area contributed by atoms with E-state index in [2.05, 4.69) is 21.2 Å². The van der Waals surface area contributed by atoms with Crippen molar-refractivity contribution >= 4 is 27.8 Å². The van der Waals surface area contributed by atoms with E-state index in [9.17, 15) is 9.59 Å². The molecule has 0 aliphatic rings. The second-order valence-corrected chi connectivity index (χ2v) is 6.32. The van der Waals surface area contributed by atoms with Gasteiger partial charge < -0.3 is 10.4 Å². The molecule has 0 saturated carbocycles. The Bertz CT molecular complexity index is 480. The maximum atomic E-state index is 12.2. The number of amides is 1. The van der Waals surface area contributed by atoms with Crippen LogP contribution in [0.15, 0.2) is 28.7 Å². The van der Waals surface area contributed by atoms with Gasteiger partial charge in [-0.3, -0.25) is 9.59 Å². The lowest BCUT2D eigenvalue weighted by Crippen LogP contribution is -2.45. The summed E-state index contributed by atoms with van der Waals surface area (Å²) in [6.07, 6.45) is -0.0975. The minimum atomic E-state index is -0.924. The third kappa shape index (κ3) is 4.67. The molecule has 1 unspecified atom stereocenters. The van der Waals surface area contributed by atoms with Crippen LogP contribution in [0.25, 0.3) is 0 Å². The number of carboxylic acid groups (broad SMARTS) is 1. The van der Waals surface area contributed by atoms with Crippen molar-refractivity contribution in [3.63, 3.8) is 0 Å². The van der Waals surface area contributed by atoms with Gasteiger partial charge in [0.05, 0.1) is 12.0 Å². The first-order chi connectivity index (χ1) is 8.71. The highest BCUT2D eigenvalue weighted by Gasteiger charge is 2.29. The zero-order valence-corrected chi connectivity index (χ0v) is 12.8. The third-order valence-corrected chi connectivity index (χ3v) is 3.54. The van der Waals surface area contributed by atoms with Crippen LogP contribution in [0, 0.1) is 5.41 Å². The summed E-state index contributed by atoms with van der Waals surface area (Å²) in [5, 5.41) is 11.7. The molecule has 2 N–H and O–H groups in total. The number of aliphatic carboxylic acids is 1. The summed E-state index contributed by atoms with van der Waals surface area (Å²) in [5.41, 5.74) is 0.178. The molecule has 1 aromatic rings.